The summed E-state index contributed by atoms with van der Waals surface area (Å²) in [7, 11) is 3.03. The van der Waals surface area contributed by atoms with Crippen molar-refractivity contribution in [3.8, 4) is 0 Å². The van der Waals surface area contributed by atoms with Crippen LogP contribution >= 0.6 is 11.3 Å². The van der Waals surface area contributed by atoms with Gasteiger partial charge in [-0.05, 0) is 6.92 Å². The number of aromatic nitrogens is 1. The lowest BCUT2D eigenvalue weighted by Crippen LogP contribution is -2.18. The molecule has 1 unspecified atom stereocenters. The Labute approximate surface area is 98.8 Å². The molecule has 16 heavy (non-hydrogen) atoms. The van der Waals surface area contributed by atoms with E-state index in [2.05, 4.69) is 15.0 Å². The van der Waals surface area contributed by atoms with Crippen molar-refractivity contribution in [2.24, 2.45) is 0 Å². The summed E-state index contributed by atoms with van der Waals surface area (Å²) in [5, 5.41) is 5.78. The third-order valence-corrected chi connectivity index (χ3v) is 2.90. The monoisotopic (exact) mass is 244 g/mol. The average molecular weight is 244 g/mol. The van der Waals surface area contributed by atoms with Gasteiger partial charge in [0.15, 0.2) is 5.13 Å². The summed E-state index contributed by atoms with van der Waals surface area (Å²) in [6, 6.07) is 0. The van der Waals surface area contributed by atoms with Crippen LogP contribution in [0.2, 0.25) is 0 Å². The molecule has 0 fully saturated rings. The van der Waals surface area contributed by atoms with Crippen LogP contribution in [0, 0.1) is 0 Å². The first kappa shape index (κ1) is 12.9. The maximum absolute atomic E-state index is 11.0. The molecule has 0 saturated carbocycles. The van der Waals surface area contributed by atoms with Gasteiger partial charge < -0.3 is 14.8 Å². The molecule has 0 aliphatic rings. The van der Waals surface area contributed by atoms with Gasteiger partial charge in [0.2, 0.25) is 0 Å². The maximum atomic E-state index is 11.0. The molecule has 0 aromatic carbocycles. The van der Waals surface area contributed by atoms with Crippen LogP contribution in [-0.2, 0) is 20.7 Å². The lowest BCUT2D eigenvalue weighted by molar-refractivity contribution is -0.139. The summed E-state index contributed by atoms with van der Waals surface area (Å²) in [4.78, 5) is 15.3. The highest BCUT2D eigenvalue weighted by Gasteiger charge is 2.08. The first-order chi connectivity index (χ1) is 7.65. The third kappa shape index (κ3) is 4.16. The van der Waals surface area contributed by atoms with Gasteiger partial charge in [-0.2, -0.15) is 0 Å². The third-order valence-electron chi connectivity index (χ3n) is 2.05. The van der Waals surface area contributed by atoms with E-state index in [1.807, 2.05) is 12.3 Å². The highest BCUT2D eigenvalue weighted by molar-refractivity contribution is 7.13. The minimum Gasteiger partial charge on any atom is -0.469 e. The molecule has 90 valence electrons. The standard InChI is InChI=1S/C10H16N2O3S/c1-7(14-2)5-11-10-12-8(6-16-10)4-9(13)15-3/h6-7H,4-5H2,1-3H3,(H,11,12). The first-order valence-corrected chi connectivity index (χ1v) is 5.81. The Balaban J connectivity index is 2.42. The van der Waals surface area contributed by atoms with Gasteiger partial charge in [-0.3, -0.25) is 4.79 Å². The number of carbonyl (C=O) groups is 1. The Hall–Kier alpha value is -1.14. The molecule has 0 radical (unpaired) electrons. The van der Waals surface area contributed by atoms with Gasteiger partial charge in [-0.1, -0.05) is 0 Å². The second kappa shape index (κ2) is 6.44. The number of hydrogen-bond acceptors (Lipinski definition) is 6. The van der Waals surface area contributed by atoms with Gasteiger partial charge >= 0.3 is 5.97 Å². The lowest BCUT2D eigenvalue weighted by Gasteiger charge is -2.08. The molecular formula is C10H16N2O3S. The molecular weight excluding hydrogens is 228 g/mol. The molecule has 6 heteroatoms. The fraction of sp³-hybridized carbons (Fsp3) is 0.600. The highest BCUT2D eigenvalue weighted by atomic mass is 32.1. The normalized spacial score (nSPS) is 12.2. The van der Waals surface area contributed by atoms with Crippen LogP contribution in [0.15, 0.2) is 5.38 Å². The van der Waals surface area contributed by atoms with E-state index in [0.717, 1.165) is 10.8 Å². The van der Waals surface area contributed by atoms with E-state index in [0.29, 0.717) is 6.54 Å². The van der Waals surface area contributed by atoms with Crippen molar-refractivity contribution in [1.82, 2.24) is 4.98 Å². The zero-order valence-corrected chi connectivity index (χ0v) is 10.5. The Morgan fingerprint density at radius 2 is 2.38 bits per heavy atom. The van der Waals surface area contributed by atoms with Gasteiger partial charge in [0.05, 0.1) is 25.3 Å². The van der Waals surface area contributed by atoms with E-state index in [1.54, 1.807) is 7.11 Å². The fourth-order valence-electron chi connectivity index (χ4n) is 1.00. The second-order valence-corrected chi connectivity index (χ2v) is 4.18. The average Bonchev–Trinajstić information content (AvgIpc) is 2.73. The van der Waals surface area contributed by atoms with Crippen LogP contribution in [-0.4, -0.2) is 37.8 Å². The van der Waals surface area contributed by atoms with Gasteiger partial charge in [0, 0.05) is 19.0 Å². The number of nitrogens with one attached hydrogen (secondary N) is 1. The summed E-state index contributed by atoms with van der Waals surface area (Å²) in [5.74, 6) is -0.276. The predicted molar refractivity (Wildman–Crippen MR) is 62.8 cm³/mol. The molecule has 0 spiro atoms. The number of carbonyl (C=O) groups excluding carboxylic acids is 1. The molecule has 5 nitrogen and oxygen atoms in total. The molecule has 0 bridgehead atoms. The van der Waals surface area contributed by atoms with Crippen molar-refractivity contribution in [3.05, 3.63) is 11.1 Å². The van der Waals surface area contributed by atoms with E-state index in [4.69, 9.17) is 4.74 Å². The molecule has 1 N–H and O–H groups in total. The van der Waals surface area contributed by atoms with E-state index < -0.39 is 0 Å². The molecule has 0 aliphatic carbocycles. The van der Waals surface area contributed by atoms with Crippen LogP contribution < -0.4 is 5.32 Å². The van der Waals surface area contributed by atoms with Gasteiger partial charge in [-0.15, -0.1) is 11.3 Å². The largest absolute Gasteiger partial charge is 0.469 e. The zero-order chi connectivity index (χ0) is 12.0. The summed E-state index contributed by atoms with van der Waals surface area (Å²) in [6.07, 6.45) is 0.349. The number of methoxy groups -OCH3 is 2. The Bertz CT molecular complexity index is 341. The van der Waals surface area contributed by atoms with Crippen LogP contribution in [0.3, 0.4) is 0 Å². The van der Waals surface area contributed by atoms with Crippen molar-refractivity contribution in [2.75, 3.05) is 26.1 Å². The molecule has 0 aliphatic heterocycles. The number of rotatable bonds is 6. The maximum Gasteiger partial charge on any atom is 0.311 e. The fourth-order valence-corrected chi connectivity index (χ4v) is 1.72. The smallest absolute Gasteiger partial charge is 0.311 e. The van der Waals surface area contributed by atoms with E-state index in [9.17, 15) is 4.79 Å². The van der Waals surface area contributed by atoms with E-state index >= 15 is 0 Å². The summed E-state index contributed by atoms with van der Waals surface area (Å²) >= 11 is 1.47. The summed E-state index contributed by atoms with van der Waals surface area (Å²) in [6.45, 7) is 2.66. The zero-order valence-electron chi connectivity index (χ0n) is 9.65. The molecule has 1 atom stereocenters. The highest BCUT2D eigenvalue weighted by Crippen LogP contribution is 2.16. The SMILES string of the molecule is COC(=O)Cc1csc(NCC(C)OC)n1. The minimum atomic E-state index is -0.276. The van der Waals surface area contributed by atoms with Crippen molar-refractivity contribution < 1.29 is 14.3 Å². The van der Waals surface area contributed by atoms with Crippen molar-refractivity contribution in [1.29, 1.82) is 0 Å². The van der Waals surface area contributed by atoms with Crippen LogP contribution in [0.5, 0.6) is 0 Å². The number of hydrogen-bond donors (Lipinski definition) is 1. The van der Waals surface area contributed by atoms with Gasteiger partial charge in [0.1, 0.15) is 0 Å². The number of esters is 1. The van der Waals surface area contributed by atoms with Crippen LogP contribution in [0.25, 0.3) is 0 Å². The second-order valence-electron chi connectivity index (χ2n) is 3.32. The van der Waals surface area contributed by atoms with Crippen LogP contribution in [0.1, 0.15) is 12.6 Å². The van der Waals surface area contributed by atoms with Gasteiger partial charge in [-0.25, -0.2) is 4.98 Å². The van der Waals surface area contributed by atoms with Crippen molar-refractivity contribution >= 4 is 22.4 Å². The molecule has 1 aromatic heterocycles. The Kier molecular flexibility index (Phi) is 5.21. The topological polar surface area (TPSA) is 60.5 Å². The number of thiazole rings is 1. The molecule has 1 rings (SSSR count). The summed E-state index contributed by atoms with van der Waals surface area (Å²) < 4.78 is 9.67. The number of anilines is 1. The summed E-state index contributed by atoms with van der Waals surface area (Å²) in [5.41, 5.74) is 0.726. The van der Waals surface area contributed by atoms with Crippen LogP contribution in [0.4, 0.5) is 5.13 Å². The molecule has 1 heterocycles. The first-order valence-electron chi connectivity index (χ1n) is 4.93. The Morgan fingerprint density at radius 1 is 1.62 bits per heavy atom. The van der Waals surface area contributed by atoms with Crippen molar-refractivity contribution in [2.45, 2.75) is 19.4 Å². The number of ether oxygens (including phenoxy) is 2. The van der Waals surface area contributed by atoms with Gasteiger partial charge in [0.25, 0.3) is 0 Å². The predicted octanol–water partition coefficient (Wildman–Crippen LogP) is 1.31. The molecule has 1 aromatic rings. The van der Waals surface area contributed by atoms with E-state index in [-0.39, 0.29) is 18.5 Å². The minimum absolute atomic E-state index is 0.132. The number of nitrogens with zero attached hydrogens (tertiary/aromatic N) is 1. The quantitative estimate of drug-likeness (QED) is 0.764. The Morgan fingerprint density at radius 3 is 3.00 bits per heavy atom. The van der Waals surface area contributed by atoms with E-state index in [1.165, 1.54) is 18.4 Å². The molecule has 0 saturated heterocycles. The van der Waals surface area contributed by atoms with Crippen molar-refractivity contribution in [3.63, 3.8) is 0 Å². The lowest BCUT2D eigenvalue weighted by atomic mass is 10.3. The molecule has 0 amide bonds.